The third-order valence-electron chi connectivity index (χ3n) is 4.81. The van der Waals surface area contributed by atoms with Gasteiger partial charge in [-0.1, -0.05) is 31.5 Å². The molecular formula is C23H24F3NS2. The molecule has 1 nitrogen and oxygen atoms in total. The van der Waals surface area contributed by atoms with Crippen molar-refractivity contribution in [3.63, 3.8) is 0 Å². The zero-order valence-corrected chi connectivity index (χ0v) is 18.6. The lowest BCUT2D eigenvalue weighted by Gasteiger charge is -2.12. The van der Waals surface area contributed by atoms with Crippen LogP contribution in [-0.4, -0.2) is 4.98 Å². The van der Waals surface area contributed by atoms with Gasteiger partial charge in [-0.25, -0.2) is 4.98 Å². The van der Waals surface area contributed by atoms with Crippen molar-refractivity contribution < 1.29 is 13.2 Å². The predicted octanol–water partition coefficient (Wildman–Crippen LogP) is 8.25. The summed E-state index contributed by atoms with van der Waals surface area (Å²) in [6.45, 7) is 8.45. The van der Waals surface area contributed by atoms with E-state index in [4.69, 9.17) is 0 Å². The number of aromatic nitrogens is 1. The minimum Gasteiger partial charge on any atom is -0.241 e. The maximum atomic E-state index is 12.8. The van der Waals surface area contributed by atoms with E-state index in [1.165, 1.54) is 28.2 Å². The Bertz CT molecular complexity index is 975. The molecule has 1 heterocycles. The number of halogens is 3. The second-order valence-electron chi connectivity index (χ2n) is 7.14. The molecule has 0 amide bonds. The normalized spacial score (nSPS) is 12.9. The van der Waals surface area contributed by atoms with Gasteiger partial charge in [-0.05, 0) is 62.6 Å². The number of thiazole rings is 1. The molecule has 0 saturated heterocycles. The monoisotopic (exact) mass is 435 g/mol. The van der Waals surface area contributed by atoms with E-state index in [2.05, 4.69) is 44.0 Å². The van der Waals surface area contributed by atoms with Gasteiger partial charge in [0.2, 0.25) is 0 Å². The van der Waals surface area contributed by atoms with Crippen LogP contribution in [0.5, 0.6) is 0 Å². The van der Waals surface area contributed by atoms with Crippen molar-refractivity contribution in [1.29, 1.82) is 0 Å². The number of nitrogens with zero attached hydrogens (tertiary/aromatic N) is 1. The van der Waals surface area contributed by atoms with E-state index in [9.17, 15) is 13.2 Å². The first-order chi connectivity index (χ1) is 13.7. The van der Waals surface area contributed by atoms with Crippen LogP contribution in [0.4, 0.5) is 13.2 Å². The van der Waals surface area contributed by atoms with Crippen molar-refractivity contribution in [2.75, 3.05) is 0 Å². The molecule has 0 saturated carbocycles. The van der Waals surface area contributed by atoms with Crippen molar-refractivity contribution in [3.8, 4) is 10.6 Å². The Hall–Kier alpha value is -1.79. The highest BCUT2D eigenvalue weighted by molar-refractivity contribution is 7.99. The molecule has 0 aliphatic carbocycles. The highest BCUT2D eigenvalue weighted by atomic mass is 32.2. The van der Waals surface area contributed by atoms with Gasteiger partial charge in [0.15, 0.2) is 0 Å². The fraction of sp³-hybridized carbons (Fsp3) is 0.348. The van der Waals surface area contributed by atoms with Gasteiger partial charge in [-0.2, -0.15) is 13.2 Å². The van der Waals surface area contributed by atoms with Crippen LogP contribution in [-0.2, 0) is 12.6 Å². The van der Waals surface area contributed by atoms with Crippen molar-refractivity contribution >= 4 is 23.1 Å². The molecule has 0 aliphatic heterocycles. The molecule has 0 bridgehead atoms. The second-order valence-corrected chi connectivity index (χ2v) is 9.59. The van der Waals surface area contributed by atoms with E-state index in [1.54, 1.807) is 23.1 Å². The number of alkyl halides is 3. The van der Waals surface area contributed by atoms with Crippen LogP contribution in [0.15, 0.2) is 47.4 Å². The Morgan fingerprint density at radius 1 is 1.07 bits per heavy atom. The fourth-order valence-corrected chi connectivity index (χ4v) is 5.63. The highest BCUT2D eigenvalue weighted by Crippen LogP contribution is 2.42. The molecule has 2 aromatic carbocycles. The first-order valence-corrected chi connectivity index (χ1v) is 11.3. The standard InChI is InChI=1S/C23H24F3NS2/c1-5-6-17-9-12-20(13-14(17)2)28-16(4)21-15(3)27-22(29-21)18-7-10-19(11-8-18)23(24,25)26/h7-13,16H,5-6H2,1-4H3. The summed E-state index contributed by atoms with van der Waals surface area (Å²) in [5.74, 6) is 0. The molecule has 0 fully saturated rings. The SMILES string of the molecule is CCCc1ccc(SC(C)c2sc(-c3ccc(C(F)(F)F)cc3)nc2C)cc1C. The molecular weight excluding hydrogens is 411 g/mol. The van der Waals surface area contributed by atoms with Crippen LogP contribution in [0, 0.1) is 13.8 Å². The number of rotatable bonds is 6. The third-order valence-corrected chi connectivity index (χ3v) is 7.46. The summed E-state index contributed by atoms with van der Waals surface area (Å²) in [6, 6.07) is 11.8. The van der Waals surface area contributed by atoms with Crippen molar-refractivity contribution in [3.05, 3.63) is 69.7 Å². The van der Waals surface area contributed by atoms with Crippen LogP contribution in [0.1, 0.15) is 52.8 Å². The zero-order chi connectivity index (χ0) is 21.2. The maximum absolute atomic E-state index is 12.8. The molecule has 1 atom stereocenters. The summed E-state index contributed by atoms with van der Waals surface area (Å²) in [6.07, 6.45) is -2.09. The number of hydrogen-bond acceptors (Lipinski definition) is 3. The first-order valence-electron chi connectivity index (χ1n) is 9.60. The van der Waals surface area contributed by atoms with E-state index >= 15 is 0 Å². The zero-order valence-electron chi connectivity index (χ0n) is 16.9. The topological polar surface area (TPSA) is 12.9 Å². The second kappa shape index (κ2) is 8.92. The van der Waals surface area contributed by atoms with Gasteiger partial charge in [0.05, 0.1) is 11.3 Å². The van der Waals surface area contributed by atoms with Gasteiger partial charge < -0.3 is 0 Å². The predicted molar refractivity (Wildman–Crippen MR) is 117 cm³/mol. The van der Waals surface area contributed by atoms with E-state index < -0.39 is 11.7 Å². The van der Waals surface area contributed by atoms with Gasteiger partial charge in [0, 0.05) is 20.6 Å². The summed E-state index contributed by atoms with van der Waals surface area (Å²) >= 11 is 3.34. The average Bonchev–Trinajstić information content (AvgIpc) is 3.05. The lowest BCUT2D eigenvalue weighted by molar-refractivity contribution is -0.137. The number of thioether (sulfide) groups is 1. The quantitative estimate of drug-likeness (QED) is 0.362. The first kappa shape index (κ1) is 21.9. The number of hydrogen-bond donors (Lipinski definition) is 0. The van der Waals surface area contributed by atoms with E-state index in [-0.39, 0.29) is 5.25 Å². The highest BCUT2D eigenvalue weighted by Gasteiger charge is 2.30. The largest absolute Gasteiger partial charge is 0.416 e. The maximum Gasteiger partial charge on any atom is 0.416 e. The lowest BCUT2D eigenvalue weighted by atomic mass is 10.1. The molecule has 1 aromatic heterocycles. The molecule has 1 unspecified atom stereocenters. The minimum absolute atomic E-state index is 0.215. The summed E-state index contributed by atoms with van der Waals surface area (Å²) in [5.41, 5.74) is 3.72. The van der Waals surface area contributed by atoms with Gasteiger partial charge in [-0.3, -0.25) is 0 Å². The Balaban J connectivity index is 1.78. The minimum atomic E-state index is -4.32. The van der Waals surface area contributed by atoms with Crippen LogP contribution >= 0.6 is 23.1 Å². The van der Waals surface area contributed by atoms with Crippen LogP contribution in [0.25, 0.3) is 10.6 Å². The molecule has 0 aliphatic rings. The van der Waals surface area contributed by atoms with Crippen molar-refractivity contribution in [2.45, 2.75) is 56.9 Å². The van der Waals surface area contributed by atoms with Crippen molar-refractivity contribution in [1.82, 2.24) is 4.98 Å². The van der Waals surface area contributed by atoms with Gasteiger partial charge in [0.1, 0.15) is 5.01 Å². The van der Waals surface area contributed by atoms with Crippen LogP contribution in [0.3, 0.4) is 0 Å². The lowest BCUT2D eigenvalue weighted by Crippen LogP contribution is -2.03. The molecule has 3 rings (SSSR count). The Morgan fingerprint density at radius 2 is 1.76 bits per heavy atom. The van der Waals surface area contributed by atoms with Crippen LogP contribution in [0.2, 0.25) is 0 Å². The molecule has 0 N–H and O–H groups in total. The van der Waals surface area contributed by atoms with E-state index in [0.717, 1.165) is 40.6 Å². The van der Waals surface area contributed by atoms with Gasteiger partial charge in [0.25, 0.3) is 0 Å². The smallest absolute Gasteiger partial charge is 0.241 e. The Morgan fingerprint density at radius 3 is 2.34 bits per heavy atom. The summed E-state index contributed by atoms with van der Waals surface area (Å²) < 4.78 is 38.4. The summed E-state index contributed by atoms with van der Waals surface area (Å²) in [5, 5.41) is 0.972. The molecule has 29 heavy (non-hydrogen) atoms. The van der Waals surface area contributed by atoms with Gasteiger partial charge in [-0.15, -0.1) is 23.1 Å². The molecule has 0 radical (unpaired) electrons. The summed E-state index contributed by atoms with van der Waals surface area (Å²) in [7, 11) is 0. The van der Waals surface area contributed by atoms with E-state index in [1.807, 2.05) is 6.92 Å². The Kier molecular flexibility index (Phi) is 6.74. The molecule has 3 aromatic rings. The van der Waals surface area contributed by atoms with E-state index in [0.29, 0.717) is 5.56 Å². The number of benzene rings is 2. The molecule has 0 spiro atoms. The molecule has 6 heteroatoms. The Labute approximate surface area is 178 Å². The molecule has 154 valence electrons. The summed E-state index contributed by atoms with van der Waals surface area (Å²) in [4.78, 5) is 6.99. The number of aryl methyl sites for hydroxylation is 3. The van der Waals surface area contributed by atoms with Crippen LogP contribution < -0.4 is 0 Å². The average molecular weight is 436 g/mol. The van der Waals surface area contributed by atoms with Gasteiger partial charge >= 0.3 is 6.18 Å². The third kappa shape index (κ3) is 5.23. The fourth-order valence-electron chi connectivity index (χ4n) is 3.26. The van der Waals surface area contributed by atoms with Crippen molar-refractivity contribution in [2.24, 2.45) is 0 Å².